The maximum Gasteiger partial charge on any atom is 0.227 e. The molecule has 2 fully saturated rings. The standard InChI is InChI=1S/C15H23N3O4S/c1-10-14(16-15(19)12-3-6-22-7-4-12)11(2)18(17-10)13-5-8-23(20,21)9-13/h12-13H,3-9H2,1-2H3,(H,16,19). The van der Waals surface area contributed by atoms with E-state index >= 15 is 0 Å². The number of nitrogens with one attached hydrogen (secondary N) is 1. The molecule has 0 radical (unpaired) electrons. The molecule has 0 aromatic carbocycles. The second-order valence-electron chi connectivity index (χ2n) is 6.42. The average molecular weight is 341 g/mol. The molecule has 3 heterocycles. The number of rotatable bonds is 3. The largest absolute Gasteiger partial charge is 0.381 e. The van der Waals surface area contributed by atoms with Gasteiger partial charge in [0.15, 0.2) is 9.84 Å². The molecule has 0 bridgehead atoms. The van der Waals surface area contributed by atoms with Crippen molar-refractivity contribution >= 4 is 21.4 Å². The van der Waals surface area contributed by atoms with Gasteiger partial charge in [-0.15, -0.1) is 0 Å². The number of aryl methyl sites for hydroxylation is 1. The van der Waals surface area contributed by atoms with Gasteiger partial charge < -0.3 is 10.1 Å². The molecule has 2 saturated heterocycles. The van der Waals surface area contributed by atoms with E-state index in [9.17, 15) is 13.2 Å². The highest BCUT2D eigenvalue weighted by Gasteiger charge is 2.32. The zero-order valence-corrected chi connectivity index (χ0v) is 14.4. The van der Waals surface area contributed by atoms with Gasteiger partial charge >= 0.3 is 0 Å². The molecule has 0 saturated carbocycles. The molecule has 1 N–H and O–H groups in total. The molecular weight excluding hydrogens is 318 g/mol. The van der Waals surface area contributed by atoms with Gasteiger partial charge in [0, 0.05) is 19.1 Å². The van der Waals surface area contributed by atoms with Gasteiger partial charge in [0.1, 0.15) is 0 Å². The van der Waals surface area contributed by atoms with Crippen molar-refractivity contribution in [1.82, 2.24) is 9.78 Å². The molecule has 1 atom stereocenters. The first-order valence-electron chi connectivity index (χ1n) is 8.02. The second-order valence-corrected chi connectivity index (χ2v) is 8.65. The number of carbonyl (C=O) groups excluding carboxylic acids is 1. The van der Waals surface area contributed by atoms with Crippen molar-refractivity contribution in [1.29, 1.82) is 0 Å². The van der Waals surface area contributed by atoms with E-state index < -0.39 is 9.84 Å². The van der Waals surface area contributed by atoms with Gasteiger partial charge in [0.05, 0.1) is 34.6 Å². The zero-order valence-electron chi connectivity index (χ0n) is 13.5. The third-order valence-corrected chi connectivity index (χ3v) is 6.47. The van der Waals surface area contributed by atoms with Crippen LogP contribution in [0.2, 0.25) is 0 Å². The van der Waals surface area contributed by atoms with Gasteiger partial charge in [0.2, 0.25) is 5.91 Å². The molecule has 1 aromatic heterocycles. The summed E-state index contributed by atoms with van der Waals surface area (Å²) in [5.41, 5.74) is 2.27. The van der Waals surface area contributed by atoms with Crippen LogP contribution in [0, 0.1) is 19.8 Å². The number of hydrogen-bond acceptors (Lipinski definition) is 5. The quantitative estimate of drug-likeness (QED) is 0.893. The van der Waals surface area contributed by atoms with Crippen molar-refractivity contribution in [2.45, 2.75) is 39.2 Å². The molecule has 1 amide bonds. The third kappa shape index (κ3) is 3.42. The fraction of sp³-hybridized carbons (Fsp3) is 0.733. The van der Waals surface area contributed by atoms with Crippen molar-refractivity contribution in [3.8, 4) is 0 Å². The Balaban J connectivity index is 1.77. The van der Waals surface area contributed by atoms with E-state index in [0.717, 1.165) is 24.2 Å². The molecule has 2 aliphatic heterocycles. The van der Waals surface area contributed by atoms with Crippen LogP contribution >= 0.6 is 0 Å². The maximum atomic E-state index is 12.4. The minimum Gasteiger partial charge on any atom is -0.381 e. The molecule has 0 aliphatic carbocycles. The van der Waals surface area contributed by atoms with Crippen LogP contribution in [-0.2, 0) is 19.4 Å². The second kappa shape index (κ2) is 6.24. The van der Waals surface area contributed by atoms with Gasteiger partial charge in [0.25, 0.3) is 0 Å². The van der Waals surface area contributed by atoms with E-state index in [0.29, 0.717) is 25.3 Å². The van der Waals surface area contributed by atoms with Gasteiger partial charge in [-0.3, -0.25) is 9.48 Å². The Kier molecular flexibility index (Phi) is 4.46. The molecule has 0 spiro atoms. The lowest BCUT2D eigenvalue weighted by Crippen LogP contribution is -2.29. The van der Waals surface area contributed by atoms with E-state index in [1.807, 2.05) is 13.8 Å². The van der Waals surface area contributed by atoms with Gasteiger partial charge in [-0.1, -0.05) is 0 Å². The molecule has 7 nitrogen and oxygen atoms in total. The van der Waals surface area contributed by atoms with Gasteiger partial charge in [-0.2, -0.15) is 5.10 Å². The van der Waals surface area contributed by atoms with E-state index in [-0.39, 0.29) is 29.4 Å². The predicted molar refractivity (Wildman–Crippen MR) is 86.2 cm³/mol. The van der Waals surface area contributed by atoms with Crippen molar-refractivity contribution < 1.29 is 17.9 Å². The monoisotopic (exact) mass is 341 g/mol. The van der Waals surface area contributed by atoms with Crippen molar-refractivity contribution in [2.75, 3.05) is 30.0 Å². The minimum absolute atomic E-state index is 0.00177. The van der Waals surface area contributed by atoms with Crippen molar-refractivity contribution in [3.05, 3.63) is 11.4 Å². The molecular formula is C15H23N3O4S. The van der Waals surface area contributed by atoms with Crippen molar-refractivity contribution in [3.63, 3.8) is 0 Å². The van der Waals surface area contributed by atoms with Crippen LogP contribution in [0.25, 0.3) is 0 Å². The van der Waals surface area contributed by atoms with E-state index in [1.54, 1.807) is 4.68 Å². The van der Waals surface area contributed by atoms with E-state index in [4.69, 9.17) is 4.74 Å². The lowest BCUT2D eigenvalue weighted by Gasteiger charge is -2.21. The summed E-state index contributed by atoms with van der Waals surface area (Å²) in [7, 11) is -2.97. The number of carbonyl (C=O) groups is 1. The van der Waals surface area contributed by atoms with Crippen LogP contribution in [0.1, 0.15) is 36.7 Å². The van der Waals surface area contributed by atoms with Crippen LogP contribution in [0.3, 0.4) is 0 Å². The van der Waals surface area contributed by atoms with Crippen LogP contribution in [0.5, 0.6) is 0 Å². The fourth-order valence-electron chi connectivity index (χ4n) is 3.35. The summed E-state index contributed by atoms with van der Waals surface area (Å²) in [4.78, 5) is 12.4. The SMILES string of the molecule is Cc1nn(C2CCS(=O)(=O)C2)c(C)c1NC(=O)C1CCOCC1. The fourth-order valence-corrected chi connectivity index (χ4v) is 5.04. The molecule has 2 aliphatic rings. The van der Waals surface area contributed by atoms with Crippen LogP contribution in [0.15, 0.2) is 0 Å². The van der Waals surface area contributed by atoms with Crippen molar-refractivity contribution in [2.24, 2.45) is 5.92 Å². The number of hydrogen-bond donors (Lipinski definition) is 1. The first-order valence-corrected chi connectivity index (χ1v) is 9.84. The Morgan fingerprint density at radius 1 is 1.26 bits per heavy atom. The summed E-state index contributed by atoms with van der Waals surface area (Å²) in [6.45, 7) is 4.96. The highest BCUT2D eigenvalue weighted by molar-refractivity contribution is 7.91. The Labute approximate surface area is 136 Å². The molecule has 8 heteroatoms. The summed E-state index contributed by atoms with van der Waals surface area (Å²) in [5, 5.41) is 7.45. The number of anilines is 1. The Hall–Kier alpha value is -1.41. The number of nitrogens with zero attached hydrogens (tertiary/aromatic N) is 2. The number of sulfone groups is 1. The average Bonchev–Trinajstić information content (AvgIpc) is 3.01. The lowest BCUT2D eigenvalue weighted by molar-refractivity contribution is -0.122. The normalized spacial score (nSPS) is 24.7. The topological polar surface area (TPSA) is 90.3 Å². The Morgan fingerprint density at radius 3 is 2.57 bits per heavy atom. The van der Waals surface area contributed by atoms with Gasteiger partial charge in [-0.05, 0) is 33.1 Å². The Bertz CT molecular complexity index is 705. The van der Waals surface area contributed by atoms with E-state index in [1.165, 1.54) is 0 Å². The number of aromatic nitrogens is 2. The zero-order chi connectivity index (χ0) is 16.6. The molecule has 1 aromatic rings. The third-order valence-electron chi connectivity index (χ3n) is 4.72. The van der Waals surface area contributed by atoms with E-state index in [2.05, 4.69) is 10.4 Å². The van der Waals surface area contributed by atoms with Gasteiger partial charge in [-0.25, -0.2) is 8.42 Å². The van der Waals surface area contributed by atoms with Crippen LogP contribution in [0.4, 0.5) is 5.69 Å². The van der Waals surface area contributed by atoms with Crippen LogP contribution in [-0.4, -0.2) is 48.8 Å². The highest BCUT2D eigenvalue weighted by Crippen LogP contribution is 2.29. The summed E-state index contributed by atoms with van der Waals surface area (Å²) in [5.74, 6) is 0.304. The number of ether oxygens (including phenoxy) is 1. The number of amides is 1. The molecule has 128 valence electrons. The lowest BCUT2D eigenvalue weighted by atomic mass is 9.99. The summed E-state index contributed by atoms with van der Waals surface area (Å²) in [6, 6.07) is -0.132. The predicted octanol–water partition coefficient (Wildman–Crippen LogP) is 1.22. The van der Waals surface area contributed by atoms with Crippen LogP contribution < -0.4 is 5.32 Å². The smallest absolute Gasteiger partial charge is 0.227 e. The first-order chi connectivity index (χ1) is 10.9. The molecule has 1 unspecified atom stereocenters. The maximum absolute atomic E-state index is 12.4. The summed E-state index contributed by atoms with van der Waals surface area (Å²) < 4.78 is 30.4. The Morgan fingerprint density at radius 2 is 1.96 bits per heavy atom. The summed E-state index contributed by atoms with van der Waals surface area (Å²) >= 11 is 0. The minimum atomic E-state index is -2.97. The molecule has 3 rings (SSSR count). The molecule has 23 heavy (non-hydrogen) atoms. The highest BCUT2D eigenvalue weighted by atomic mass is 32.2. The first kappa shape index (κ1) is 16.4. The summed E-state index contributed by atoms with van der Waals surface area (Å²) in [6.07, 6.45) is 2.05.